The maximum Gasteiger partial charge on any atom is 0.203 e. The highest BCUT2D eigenvalue weighted by atomic mass is 16.6. The molecule has 4 nitrogen and oxygen atoms in total. The van der Waals surface area contributed by atoms with Crippen molar-refractivity contribution in [2.24, 2.45) is 11.3 Å². The normalized spacial score (nSPS) is 15.7. The maximum absolute atomic E-state index is 5.66. The summed E-state index contributed by atoms with van der Waals surface area (Å²) in [5.74, 6) is 2.85. The first kappa shape index (κ1) is 16.0. The molecule has 1 aromatic carbocycles. The van der Waals surface area contributed by atoms with E-state index in [-0.39, 0.29) is 0 Å². The molecule has 1 heterocycles. The first-order chi connectivity index (χ1) is 9.91. The van der Waals surface area contributed by atoms with Crippen molar-refractivity contribution in [3.05, 3.63) is 17.7 Å². The van der Waals surface area contributed by atoms with Crippen LogP contribution < -0.4 is 19.5 Å². The maximum atomic E-state index is 5.66. The molecule has 0 amide bonds. The van der Waals surface area contributed by atoms with Crippen LogP contribution in [-0.2, 0) is 6.54 Å². The highest BCUT2D eigenvalue weighted by Crippen LogP contribution is 2.40. The molecular weight excluding hydrogens is 266 g/mol. The Morgan fingerprint density at radius 3 is 2.62 bits per heavy atom. The zero-order valence-corrected chi connectivity index (χ0v) is 13.8. The number of benzene rings is 1. The Morgan fingerprint density at radius 2 is 1.95 bits per heavy atom. The molecule has 1 aromatic rings. The number of nitrogens with one attached hydrogen (secondary N) is 1. The Morgan fingerprint density at radius 1 is 1.24 bits per heavy atom. The van der Waals surface area contributed by atoms with Crippen molar-refractivity contribution in [1.29, 1.82) is 0 Å². The molecule has 1 atom stereocenters. The van der Waals surface area contributed by atoms with Gasteiger partial charge in [0.2, 0.25) is 5.75 Å². The number of methoxy groups -OCH3 is 1. The highest BCUT2D eigenvalue weighted by molar-refractivity contribution is 5.54. The molecule has 4 heteroatoms. The zero-order valence-electron chi connectivity index (χ0n) is 13.8. The van der Waals surface area contributed by atoms with Crippen LogP contribution in [0.25, 0.3) is 0 Å². The monoisotopic (exact) mass is 293 g/mol. The summed E-state index contributed by atoms with van der Waals surface area (Å²) < 4.78 is 16.7. The van der Waals surface area contributed by atoms with Crippen LogP contribution in [0.15, 0.2) is 12.1 Å². The Bertz CT molecular complexity index is 462. The predicted molar refractivity (Wildman–Crippen MR) is 84.3 cm³/mol. The fourth-order valence-electron chi connectivity index (χ4n) is 2.17. The summed E-state index contributed by atoms with van der Waals surface area (Å²) in [7, 11) is 1.66. The lowest BCUT2D eigenvalue weighted by molar-refractivity contribution is 0.165. The van der Waals surface area contributed by atoms with Crippen LogP contribution in [0.5, 0.6) is 17.2 Å². The second-order valence-corrected chi connectivity index (χ2v) is 6.72. The lowest BCUT2D eigenvalue weighted by Crippen LogP contribution is -2.29. The molecule has 2 rings (SSSR count). The molecule has 21 heavy (non-hydrogen) atoms. The highest BCUT2D eigenvalue weighted by Gasteiger charge is 2.20. The molecule has 0 saturated carbocycles. The molecule has 1 N–H and O–H groups in total. The van der Waals surface area contributed by atoms with Gasteiger partial charge in [-0.2, -0.15) is 0 Å². The van der Waals surface area contributed by atoms with Crippen LogP contribution in [0.2, 0.25) is 0 Å². The first-order valence-electron chi connectivity index (χ1n) is 7.59. The third-order valence-electron chi connectivity index (χ3n) is 4.15. The van der Waals surface area contributed by atoms with E-state index in [9.17, 15) is 0 Å². The Hall–Kier alpha value is -1.42. The molecule has 0 saturated heterocycles. The van der Waals surface area contributed by atoms with Crippen molar-refractivity contribution >= 4 is 0 Å². The summed E-state index contributed by atoms with van der Waals surface area (Å²) >= 11 is 0. The van der Waals surface area contributed by atoms with Gasteiger partial charge >= 0.3 is 0 Å². The third-order valence-corrected chi connectivity index (χ3v) is 4.15. The molecule has 0 spiro atoms. The molecule has 0 radical (unpaired) electrons. The molecule has 1 aliphatic heterocycles. The van der Waals surface area contributed by atoms with Crippen LogP contribution in [0, 0.1) is 11.3 Å². The fourth-order valence-corrected chi connectivity index (χ4v) is 2.17. The van der Waals surface area contributed by atoms with Crippen LogP contribution in [0.1, 0.15) is 33.3 Å². The molecule has 0 bridgehead atoms. The minimum atomic E-state index is 0.317. The first-order valence-corrected chi connectivity index (χ1v) is 7.59. The summed E-state index contributed by atoms with van der Waals surface area (Å²) in [6.07, 6.45) is 0. The molecule has 0 aromatic heterocycles. The van der Waals surface area contributed by atoms with Gasteiger partial charge in [-0.25, -0.2) is 0 Å². The minimum absolute atomic E-state index is 0.317. The van der Waals surface area contributed by atoms with E-state index in [0.717, 1.165) is 35.9 Å². The minimum Gasteiger partial charge on any atom is -0.493 e. The van der Waals surface area contributed by atoms with Gasteiger partial charge in [0.15, 0.2) is 11.5 Å². The largest absolute Gasteiger partial charge is 0.493 e. The predicted octanol–water partition coefficient (Wildman–Crippen LogP) is 3.24. The van der Waals surface area contributed by atoms with Crippen LogP contribution >= 0.6 is 0 Å². The van der Waals surface area contributed by atoms with Crippen molar-refractivity contribution in [2.45, 2.75) is 34.2 Å². The van der Waals surface area contributed by atoms with E-state index in [1.807, 2.05) is 12.1 Å². The third kappa shape index (κ3) is 4.03. The molecule has 118 valence electrons. The van der Waals surface area contributed by atoms with Crippen molar-refractivity contribution in [3.63, 3.8) is 0 Å². The van der Waals surface area contributed by atoms with E-state index in [4.69, 9.17) is 14.2 Å². The molecule has 0 fully saturated rings. The van der Waals surface area contributed by atoms with E-state index in [1.54, 1.807) is 7.11 Å². The summed E-state index contributed by atoms with van der Waals surface area (Å²) in [5.41, 5.74) is 1.47. The second-order valence-electron chi connectivity index (χ2n) is 6.72. The van der Waals surface area contributed by atoms with Gasteiger partial charge in [0, 0.05) is 6.54 Å². The van der Waals surface area contributed by atoms with E-state index in [2.05, 4.69) is 33.0 Å². The number of rotatable bonds is 5. The standard InChI is InChI=1S/C17H27NO3/c1-12(17(2,3)4)10-18-11-13-8-14(19-5)16-15(9-13)20-6-7-21-16/h8-9,12,18H,6-7,10-11H2,1-5H3. The van der Waals surface area contributed by atoms with Gasteiger partial charge in [-0.05, 0) is 35.6 Å². The number of fused-ring (bicyclic) bond motifs is 1. The number of hydrogen-bond donors (Lipinski definition) is 1. The second kappa shape index (κ2) is 6.56. The summed E-state index contributed by atoms with van der Waals surface area (Å²) in [4.78, 5) is 0. The van der Waals surface area contributed by atoms with E-state index in [0.29, 0.717) is 24.5 Å². The van der Waals surface area contributed by atoms with Gasteiger partial charge in [-0.3, -0.25) is 0 Å². The average molecular weight is 293 g/mol. The molecule has 0 aliphatic carbocycles. The summed E-state index contributed by atoms with van der Waals surface area (Å²) in [6.45, 7) is 12.0. The van der Waals surface area contributed by atoms with Crippen molar-refractivity contribution in [2.75, 3.05) is 26.9 Å². The Kier molecular flexibility index (Phi) is 4.99. The van der Waals surface area contributed by atoms with Gasteiger partial charge < -0.3 is 19.5 Å². The van der Waals surface area contributed by atoms with Gasteiger partial charge in [0.25, 0.3) is 0 Å². The number of ether oxygens (including phenoxy) is 3. The van der Waals surface area contributed by atoms with Gasteiger partial charge in [0.05, 0.1) is 7.11 Å². The molecular formula is C17H27NO3. The Balaban J connectivity index is 2.01. The lowest BCUT2D eigenvalue weighted by atomic mass is 9.82. The van der Waals surface area contributed by atoms with E-state index >= 15 is 0 Å². The fraction of sp³-hybridized carbons (Fsp3) is 0.647. The average Bonchev–Trinajstić information content (AvgIpc) is 2.45. The quantitative estimate of drug-likeness (QED) is 0.904. The van der Waals surface area contributed by atoms with Crippen molar-refractivity contribution in [3.8, 4) is 17.2 Å². The lowest BCUT2D eigenvalue weighted by Gasteiger charge is -2.27. The van der Waals surface area contributed by atoms with Gasteiger partial charge in [-0.1, -0.05) is 27.7 Å². The van der Waals surface area contributed by atoms with Gasteiger partial charge in [-0.15, -0.1) is 0 Å². The SMILES string of the molecule is COc1cc(CNCC(C)C(C)(C)C)cc2c1OCCO2. The van der Waals surface area contributed by atoms with Crippen LogP contribution in [0.3, 0.4) is 0 Å². The topological polar surface area (TPSA) is 39.7 Å². The van der Waals surface area contributed by atoms with Crippen molar-refractivity contribution < 1.29 is 14.2 Å². The van der Waals surface area contributed by atoms with Gasteiger partial charge in [0.1, 0.15) is 13.2 Å². The molecule has 1 unspecified atom stereocenters. The summed E-state index contributed by atoms with van der Waals surface area (Å²) in [5, 5.41) is 3.51. The molecule has 1 aliphatic rings. The van der Waals surface area contributed by atoms with Crippen molar-refractivity contribution in [1.82, 2.24) is 5.32 Å². The smallest absolute Gasteiger partial charge is 0.203 e. The number of hydrogen-bond acceptors (Lipinski definition) is 4. The Labute approximate surface area is 127 Å². The van der Waals surface area contributed by atoms with E-state index in [1.165, 1.54) is 0 Å². The van der Waals surface area contributed by atoms with Crippen LogP contribution in [0.4, 0.5) is 0 Å². The summed E-state index contributed by atoms with van der Waals surface area (Å²) in [6, 6.07) is 4.05. The van der Waals surface area contributed by atoms with E-state index < -0.39 is 0 Å². The van der Waals surface area contributed by atoms with Crippen LogP contribution in [-0.4, -0.2) is 26.9 Å². The zero-order chi connectivity index (χ0) is 15.5.